The molecule has 0 bridgehead atoms. The number of rotatable bonds is 8. The van der Waals surface area contributed by atoms with Crippen molar-refractivity contribution in [3.05, 3.63) is 83.3 Å². The number of carbonyl (C=O) groups excluding carboxylic acids is 1. The third kappa shape index (κ3) is 5.40. The van der Waals surface area contributed by atoms with Crippen molar-refractivity contribution >= 4 is 43.2 Å². The molecule has 0 aromatic heterocycles. The van der Waals surface area contributed by atoms with Gasteiger partial charge < -0.3 is 10.1 Å². The van der Waals surface area contributed by atoms with Crippen LogP contribution in [-0.4, -0.2) is 27.5 Å². The van der Waals surface area contributed by atoms with Gasteiger partial charge in [-0.15, -0.1) is 0 Å². The number of ether oxygens (including phenoxy) is 1. The van der Waals surface area contributed by atoms with Gasteiger partial charge in [0.15, 0.2) is 0 Å². The summed E-state index contributed by atoms with van der Waals surface area (Å²) in [5.41, 5.74) is 0.906. The van der Waals surface area contributed by atoms with E-state index in [2.05, 4.69) is 21.2 Å². The molecule has 0 saturated heterocycles. The third-order valence-electron chi connectivity index (χ3n) is 4.14. The SMILES string of the molecule is CCOc1cccc(NC(=O)CN(c2cccc(Br)c2)S(=O)(=O)c2ccccc2)c1. The maximum atomic E-state index is 13.3. The highest BCUT2D eigenvalue weighted by Gasteiger charge is 2.27. The van der Waals surface area contributed by atoms with Crippen LogP contribution >= 0.6 is 15.9 Å². The van der Waals surface area contributed by atoms with E-state index in [0.29, 0.717) is 28.2 Å². The molecule has 0 saturated carbocycles. The zero-order chi connectivity index (χ0) is 21.6. The van der Waals surface area contributed by atoms with E-state index in [-0.39, 0.29) is 11.4 Å². The van der Waals surface area contributed by atoms with Gasteiger partial charge in [0, 0.05) is 16.2 Å². The van der Waals surface area contributed by atoms with Gasteiger partial charge in [-0.2, -0.15) is 0 Å². The van der Waals surface area contributed by atoms with Gasteiger partial charge in [-0.3, -0.25) is 9.10 Å². The van der Waals surface area contributed by atoms with E-state index in [4.69, 9.17) is 4.74 Å². The van der Waals surface area contributed by atoms with Crippen LogP contribution in [0, 0.1) is 0 Å². The third-order valence-corrected chi connectivity index (χ3v) is 6.42. The standard InChI is InChI=1S/C22H21BrN2O4S/c1-2-29-20-11-7-9-18(15-20)24-22(26)16-25(19-10-6-8-17(23)14-19)30(27,28)21-12-4-3-5-13-21/h3-15H,2,16H2,1H3,(H,24,26). The Labute approximate surface area is 184 Å². The summed E-state index contributed by atoms with van der Waals surface area (Å²) in [5.74, 6) is 0.152. The molecule has 0 heterocycles. The topological polar surface area (TPSA) is 75.7 Å². The fourth-order valence-electron chi connectivity index (χ4n) is 2.83. The highest BCUT2D eigenvalue weighted by molar-refractivity contribution is 9.10. The highest BCUT2D eigenvalue weighted by Crippen LogP contribution is 2.26. The summed E-state index contributed by atoms with van der Waals surface area (Å²) in [6.07, 6.45) is 0. The average Bonchev–Trinajstić information content (AvgIpc) is 2.73. The number of halogens is 1. The number of nitrogens with zero attached hydrogens (tertiary/aromatic N) is 1. The molecule has 6 nitrogen and oxygen atoms in total. The molecule has 0 aliphatic rings. The Bertz CT molecular complexity index is 1120. The first-order valence-electron chi connectivity index (χ1n) is 9.26. The van der Waals surface area contributed by atoms with Gasteiger partial charge in [-0.05, 0) is 49.4 Å². The monoisotopic (exact) mass is 488 g/mol. The Morgan fingerprint density at radius 3 is 2.43 bits per heavy atom. The molecule has 3 aromatic carbocycles. The van der Waals surface area contributed by atoms with Gasteiger partial charge in [0.05, 0.1) is 17.2 Å². The van der Waals surface area contributed by atoms with Gasteiger partial charge in [0.1, 0.15) is 12.3 Å². The van der Waals surface area contributed by atoms with Gasteiger partial charge in [0.2, 0.25) is 5.91 Å². The van der Waals surface area contributed by atoms with Gasteiger partial charge in [-0.25, -0.2) is 8.42 Å². The Kier molecular flexibility index (Phi) is 7.12. The van der Waals surface area contributed by atoms with Crippen LogP contribution in [0.4, 0.5) is 11.4 Å². The summed E-state index contributed by atoms with van der Waals surface area (Å²) >= 11 is 3.36. The summed E-state index contributed by atoms with van der Waals surface area (Å²) in [6, 6.07) is 21.8. The first kappa shape index (κ1) is 21.9. The largest absolute Gasteiger partial charge is 0.494 e. The first-order chi connectivity index (χ1) is 14.4. The summed E-state index contributed by atoms with van der Waals surface area (Å²) < 4.78 is 33.8. The molecule has 0 atom stereocenters. The lowest BCUT2D eigenvalue weighted by Crippen LogP contribution is -2.38. The second kappa shape index (κ2) is 9.77. The van der Waals surface area contributed by atoms with E-state index in [0.717, 1.165) is 4.31 Å². The molecule has 3 aromatic rings. The number of hydrogen-bond donors (Lipinski definition) is 1. The minimum Gasteiger partial charge on any atom is -0.494 e. The first-order valence-corrected chi connectivity index (χ1v) is 11.5. The Morgan fingerprint density at radius 2 is 1.73 bits per heavy atom. The van der Waals surface area contributed by atoms with Crippen molar-refractivity contribution in [1.82, 2.24) is 0 Å². The van der Waals surface area contributed by atoms with Crippen LogP contribution in [0.1, 0.15) is 6.92 Å². The van der Waals surface area contributed by atoms with E-state index in [1.807, 2.05) is 6.92 Å². The molecule has 3 rings (SSSR count). The van der Waals surface area contributed by atoms with Crippen molar-refractivity contribution in [1.29, 1.82) is 0 Å². The van der Waals surface area contributed by atoms with Crippen molar-refractivity contribution in [3.63, 3.8) is 0 Å². The van der Waals surface area contributed by atoms with Crippen molar-refractivity contribution in [2.45, 2.75) is 11.8 Å². The lowest BCUT2D eigenvalue weighted by atomic mass is 10.3. The minimum atomic E-state index is -3.95. The molecule has 0 spiro atoms. The Hall–Kier alpha value is -2.84. The molecule has 8 heteroatoms. The number of carbonyl (C=O) groups is 1. The molecule has 1 N–H and O–H groups in total. The molecule has 0 aliphatic heterocycles. The lowest BCUT2D eigenvalue weighted by molar-refractivity contribution is -0.114. The number of nitrogens with one attached hydrogen (secondary N) is 1. The number of benzene rings is 3. The predicted molar refractivity (Wildman–Crippen MR) is 121 cm³/mol. The lowest BCUT2D eigenvalue weighted by Gasteiger charge is -2.24. The molecule has 1 amide bonds. The van der Waals surface area contributed by atoms with Crippen molar-refractivity contribution in [2.75, 3.05) is 22.8 Å². The van der Waals surface area contributed by atoms with Crippen LogP contribution in [0.5, 0.6) is 5.75 Å². The van der Waals surface area contributed by atoms with E-state index in [1.165, 1.54) is 12.1 Å². The number of amides is 1. The summed E-state index contributed by atoms with van der Waals surface area (Å²) in [7, 11) is -3.95. The molecule has 0 aliphatic carbocycles. The quantitative estimate of drug-likeness (QED) is 0.499. The number of sulfonamides is 1. The summed E-state index contributed by atoms with van der Waals surface area (Å²) in [5, 5.41) is 2.74. The Balaban J connectivity index is 1.89. The molecular formula is C22H21BrN2O4S. The van der Waals surface area contributed by atoms with Gasteiger partial charge in [0.25, 0.3) is 10.0 Å². The average molecular weight is 489 g/mol. The molecular weight excluding hydrogens is 468 g/mol. The number of hydrogen-bond acceptors (Lipinski definition) is 4. The molecule has 156 valence electrons. The van der Waals surface area contributed by atoms with Crippen LogP contribution in [0.2, 0.25) is 0 Å². The van der Waals surface area contributed by atoms with E-state index >= 15 is 0 Å². The number of anilines is 2. The smallest absolute Gasteiger partial charge is 0.264 e. The summed E-state index contributed by atoms with van der Waals surface area (Å²) in [6.45, 7) is 1.99. The van der Waals surface area contributed by atoms with Crippen LogP contribution < -0.4 is 14.4 Å². The van der Waals surface area contributed by atoms with E-state index in [9.17, 15) is 13.2 Å². The summed E-state index contributed by atoms with van der Waals surface area (Å²) in [4.78, 5) is 12.9. The predicted octanol–water partition coefficient (Wildman–Crippen LogP) is 4.68. The fourth-order valence-corrected chi connectivity index (χ4v) is 4.65. The zero-order valence-corrected chi connectivity index (χ0v) is 18.7. The molecule has 0 fully saturated rings. The van der Waals surface area contributed by atoms with Crippen molar-refractivity contribution in [2.24, 2.45) is 0 Å². The maximum Gasteiger partial charge on any atom is 0.264 e. The van der Waals surface area contributed by atoms with Crippen molar-refractivity contribution < 1.29 is 17.9 Å². The molecule has 0 radical (unpaired) electrons. The van der Waals surface area contributed by atoms with Crippen LogP contribution in [-0.2, 0) is 14.8 Å². The Morgan fingerprint density at radius 1 is 1.00 bits per heavy atom. The van der Waals surface area contributed by atoms with Gasteiger partial charge >= 0.3 is 0 Å². The molecule has 30 heavy (non-hydrogen) atoms. The van der Waals surface area contributed by atoms with E-state index < -0.39 is 15.9 Å². The normalized spacial score (nSPS) is 11.0. The second-order valence-electron chi connectivity index (χ2n) is 6.31. The highest BCUT2D eigenvalue weighted by atomic mass is 79.9. The van der Waals surface area contributed by atoms with Crippen LogP contribution in [0.15, 0.2) is 88.2 Å². The van der Waals surface area contributed by atoms with Crippen LogP contribution in [0.25, 0.3) is 0 Å². The van der Waals surface area contributed by atoms with Crippen LogP contribution in [0.3, 0.4) is 0 Å². The molecule has 0 unspecified atom stereocenters. The fraction of sp³-hybridized carbons (Fsp3) is 0.136. The maximum absolute atomic E-state index is 13.3. The minimum absolute atomic E-state index is 0.108. The van der Waals surface area contributed by atoms with E-state index in [1.54, 1.807) is 66.7 Å². The van der Waals surface area contributed by atoms with Gasteiger partial charge in [-0.1, -0.05) is 46.3 Å². The second-order valence-corrected chi connectivity index (χ2v) is 9.09. The van der Waals surface area contributed by atoms with Crippen molar-refractivity contribution in [3.8, 4) is 5.75 Å². The zero-order valence-electron chi connectivity index (χ0n) is 16.3.